The molecule has 0 amide bonds. The summed E-state index contributed by atoms with van der Waals surface area (Å²) >= 11 is 0. The van der Waals surface area contributed by atoms with Crippen LogP contribution >= 0.6 is 0 Å². The van der Waals surface area contributed by atoms with Crippen molar-refractivity contribution < 1.29 is 14.3 Å². The summed E-state index contributed by atoms with van der Waals surface area (Å²) in [6.45, 7) is 0.433. The van der Waals surface area contributed by atoms with E-state index in [9.17, 15) is 9.59 Å². The summed E-state index contributed by atoms with van der Waals surface area (Å²) in [5, 5.41) is 0. The number of carbonyl (C=O) groups excluding carboxylic acids is 2. The average molecular weight is 218 g/mol. The topological polar surface area (TPSA) is 147 Å². The van der Waals surface area contributed by atoms with E-state index in [4.69, 9.17) is 22.9 Å². The molecule has 0 radical (unpaired) electrons. The van der Waals surface area contributed by atoms with Crippen molar-refractivity contribution in [1.82, 2.24) is 0 Å². The maximum Gasteiger partial charge on any atom is 0.330 e. The van der Waals surface area contributed by atoms with Gasteiger partial charge in [0.2, 0.25) is 0 Å². The molecule has 0 heterocycles. The SMILES string of the molecule is NCCC[C@@H](N)C(=O)OC(=O)CC(N)N. The molecule has 7 heteroatoms. The highest BCUT2D eigenvalue weighted by atomic mass is 16.6. The van der Waals surface area contributed by atoms with Crippen LogP contribution in [0.5, 0.6) is 0 Å². The van der Waals surface area contributed by atoms with Crippen LogP contribution in [-0.4, -0.2) is 30.7 Å². The molecule has 0 fully saturated rings. The standard InChI is InChI=1S/C8H18N4O3/c9-3-1-2-5(10)8(14)15-7(13)4-6(11)12/h5-6H,1-4,9-12H2/t5-/m1/s1. The van der Waals surface area contributed by atoms with Gasteiger partial charge in [-0.15, -0.1) is 0 Å². The van der Waals surface area contributed by atoms with Crippen LogP contribution in [0.4, 0.5) is 0 Å². The van der Waals surface area contributed by atoms with Crippen molar-refractivity contribution >= 4 is 11.9 Å². The van der Waals surface area contributed by atoms with Crippen LogP contribution in [0.3, 0.4) is 0 Å². The highest BCUT2D eigenvalue weighted by Gasteiger charge is 2.18. The van der Waals surface area contributed by atoms with Crippen molar-refractivity contribution in [2.24, 2.45) is 22.9 Å². The number of carbonyl (C=O) groups is 2. The van der Waals surface area contributed by atoms with Gasteiger partial charge in [0, 0.05) is 0 Å². The summed E-state index contributed by atoms with van der Waals surface area (Å²) in [5.74, 6) is -1.53. The Hall–Kier alpha value is -1.02. The van der Waals surface area contributed by atoms with Crippen LogP contribution in [0.25, 0.3) is 0 Å². The van der Waals surface area contributed by atoms with Gasteiger partial charge < -0.3 is 27.7 Å². The summed E-state index contributed by atoms with van der Waals surface area (Å²) in [7, 11) is 0. The van der Waals surface area contributed by atoms with Crippen LogP contribution in [0, 0.1) is 0 Å². The summed E-state index contributed by atoms with van der Waals surface area (Å²) in [4.78, 5) is 22.1. The number of esters is 2. The molecule has 0 saturated carbocycles. The summed E-state index contributed by atoms with van der Waals surface area (Å²) in [5.41, 5.74) is 21.0. The van der Waals surface area contributed by atoms with E-state index in [0.29, 0.717) is 19.4 Å². The summed E-state index contributed by atoms with van der Waals surface area (Å²) < 4.78 is 4.42. The molecular weight excluding hydrogens is 200 g/mol. The van der Waals surface area contributed by atoms with Crippen LogP contribution in [0.1, 0.15) is 19.3 Å². The second-order valence-electron chi connectivity index (χ2n) is 3.20. The molecule has 0 aliphatic heterocycles. The highest BCUT2D eigenvalue weighted by molar-refractivity contribution is 5.88. The zero-order valence-corrected chi connectivity index (χ0v) is 8.52. The average Bonchev–Trinajstić information content (AvgIpc) is 2.12. The fourth-order valence-corrected chi connectivity index (χ4v) is 0.878. The molecule has 0 unspecified atom stereocenters. The van der Waals surface area contributed by atoms with E-state index in [-0.39, 0.29) is 6.42 Å². The highest BCUT2D eigenvalue weighted by Crippen LogP contribution is 1.97. The fraction of sp³-hybridized carbons (Fsp3) is 0.750. The van der Waals surface area contributed by atoms with Crippen molar-refractivity contribution in [3.8, 4) is 0 Å². The van der Waals surface area contributed by atoms with Gasteiger partial charge in [-0.25, -0.2) is 4.79 Å². The van der Waals surface area contributed by atoms with E-state index in [2.05, 4.69) is 4.74 Å². The number of hydrogen-bond donors (Lipinski definition) is 4. The van der Waals surface area contributed by atoms with Crippen molar-refractivity contribution in [3.05, 3.63) is 0 Å². The number of rotatable bonds is 6. The molecule has 0 aliphatic rings. The van der Waals surface area contributed by atoms with Gasteiger partial charge in [0.1, 0.15) is 6.04 Å². The molecular formula is C8H18N4O3. The Kier molecular flexibility index (Phi) is 6.80. The lowest BCUT2D eigenvalue weighted by atomic mass is 10.2. The molecule has 8 N–H and O–H groups in total. The summed E-state index contributed by atoms with van der Waals surface area (Å²) in [6.07, 6.45) is -0.0568. The first kappa shape index (κ1) is 14.0. The zero-order chi connectivity index (χ0) is 11.8. The largest absolute Gasteiger partial charge is 0.392 e. The Labute approximate surface area is 88.1 Å². The minimum absolute atomic E-state index is 0.213. The van der Waals surface area contributed by atoms with E-state index in [1.54, 1.807) is 0 Å². The molecule has 15 heavy (non-hydrogen) atoms. The molecule has 0 saturated heterocycles. The monoisotopic (exact) mass is 218 g/mol. The minimum atomic E-state index is -0.828. The maximum atomic E-state index is 11.2. The number of hydrogen-bond acceptors (Lipinski definition) is 7. The smallest absolute Gasteiger partial charge is 0.330 e. The third kappa shape index (κ3) is 6.97. The Morgan fingerprint density at radius 3 is 2.27 bits per heavy atom. The molecule has 0 aromatic carbocycles. The van der Waals surface area contributed by atoms with Gasteiger partial charge in [-0.3, -0.25) is 4.79 Å². The van der Waals surface area contributed by atoms with Gasteiger partial charge in [-0.2, -0.15) is 0 Å². The molecule has 88 valence electrons. The minimum Gasteiger partial charge on any atom is -0.392 e. The first-order valence-corrected chi connectivity index (χ1v) is 4.68. The second-order valence-corrected chi connectivity index (χ2v) is 3.20. The number of nitrogens with two attached hydrogens (primary N) is 4. The normalized spacial score (nSPS) is 12.6. The predicted molar refractivity (Wildman–Crippen MR) is 54.1 cm³/mol. The van der Waals surface area contributed by atoms with Gasteiger partial charge in [0.15, 0.2) is 0 Å². The van der Waals surface area contributed by atoms with Crippen LogP contribution < -0.4 is 22.9 Å². The Morgan fingerprint density at radius 1 is 1.20 bits per heavy atom. The van der Waals surface area contributed by atoms with Crippen molar-refractivity contribution in [1.29, 1.82) is 0 Å². The molecule has 0 rings (SSSR count). The first-order valence-electron chi connectivity index (χ1n) is 4.68. The van der Waals surface area contributed by atoms with E-state index in [1.165, 1.54) is 0 Å². The number of ether oxygens (including phenoxy) is 1. The van der Waals surface area contributed by atoms with Gasteiger partial charge >= 0.3 is 11.9 Å². The first-order chi connectivity index (χ1) is 6.97. The Morgan fingerprint density at radius 2 is 1.80 bits per heavy atom. The lowest BCUT2D eigenvalue weighted by Crippen LogP contribution is -2.38. The van der Waals surface area contributed by atoms with Crippen molar-refractivity contribution in [2.75, 3.05) is 6.54 Å². The third-order valence-corrected chi connectivity index (χ3v) is 1.64. The quantitative estimate of drug-likeness (QED) is 0.224. The van der Waals surface area contributed by atoms with Crippen LogP contribution in [0.15, 0.2) is 0 Å². The van der Waals surface area contributed by atoms with E-state index in [0.717, 1.165) is 0 Å². The van der Waals surface area contributed by atoms with Crippen molar-refractivity contribution in [2.45, 2.75) is 31.5 Å². The van der Waals surface area contributed by atoms with Crippen molar-refractivity contribution in [3.63, 3.8) is 0 Å². The molecule has 0 bridgehead atoms. The Bertz CT molecular complexity index is 220. The molecule has 7 nitrogen and oxygen atoms in total. The Balaban J connectivity index is 3.85. The molecule has 0 aromatic heterocycles. The molecule has 0 spiro atoms. The lowest BCUT2D eigenvalue weighted by Gasteiger charge is -2.10. The van der Waals surface area contributed by atoms with E-state index >= 15 is 0 Å². The molecule has 0 aromatic rings. The van der Waals surface area contributed by atoms with Crippen LogP contribution in [0.2, 0.25) is 0 Å². The molecule has 1 atom stereocenters. The summed E-state index contributed by atoms with van der Waals surface area (Å²) in [6, 6.07) is -0.827. The van der Waals surface area contributed by atoms with Gasteiger partial charge in [0.25, 0.3) is 0 Å². The van der Waals surface area contributed by atoms with Crippen LogP contribution in [-0.2, 0) is 14.3 Å². The third-order valence-electron chi connectivity index (χ3n) is 1.64. The lowest BCUT2D eigenvalue weighted by molar-refractivity contribution is -0.160. The second kappa shape index (κ2) is 7.30. The predicted octanol–water partition coefficient (Wildman–Crippen LogP) is -2.24. The van der Waals surface area contributed by atoms with E-state index < -0.39 is 24.1 Å². The van der Waals surface area contributed by atoms with Gasteiger partial charge in [-0.1, -0.05) is 0 Å². The van der Waals surface area contributed by atoms with E-state index in [1.807, 2.05) is 0 Å². The maximum absolute atomic E-state index is 11.2. The van der Waals surface area contributed by atoms with Gasteiger partial charge in [-0.05, 0) is 19.4 Å². The van der Waals surface area contributed by atoms with Gasteiger partial charge in [0.05, 0.1) is 12.6 Å². The zero-order valence-electron chi connectivity index (χ0n) is 8.52. The molecule has 0 aliphatic carbocycles. The fourth-order valence-electron chi connectivity index (χ4n) is 0.878.